The summed E-state index contributed by atoms with van der Waals surface area (Å²) in [5.41, 5.74) is 7.23. The third-order valence-electron chi connectivity index (χ3n) is 2.02. The summed E-state index contributed by atoms with van der Waals surface area (Å²) in [7, 11) is 0. The first-order chi connectivity index (χ1) is 7.74. The van der Waals surface area contributed by atoms with Gasteiger partial charge in [0.2, 0.25) is 0 Å². The number of hydrogen-bond donors (Lipinski definition) is 1. The van der Waals surface area contributed by atoms with E-state index in [-0.39, 0.29) is 0 Å². The smallest absolute Gasteiger partial charge is 0.120 e. The van der Waals surface area contributed by atoms with Gasteiger partial charge in [0.15, 0.2) is 0 Å². The number of nitrogen functional groups attached to an aromatic ring is 1. The monoisotopic (exact) mass is 278 g/mol. The Bertz CT molecular complexity index is 442. The number of benzene rings is 1. The standard InChI is InChI=1S/C12H11BrN2O/c13-10-2-1-3-12(5-10)16-8-9-4-11(14)7-15-6-9/h1-7H,8,14H2. The van der Waals surface area contributed by atoms with Crippen LogP contribution in [0, 0.1) is 0 Å². The lowest BCUT2D eigenvalue weighted by Crippen LogP contribution is -1.97. The van der Waals surface area contributed by atoms with Crippen molar-refractivity contribution >= 4 is 21.6 Å². The molecule has 0 atom stereocenters. The lowest BCUT2D eigenvalue weighted by atomic mass is 10.3. The number of nitrogens with two attached hydrogens (primary N) is 1. The fraction of sp³-hybridized carbons (Fsp3) is 0.0833. The van der Waals surface area contributed by atoms with E-state index in [0.29, 0.717) is 12.3 Å². The molecule has 0 spiro atoms. The van der Waals surface area contributed by atoms with Gasteiger partial charge in [-0.25, -0.2) is 0 Å². The molecule has 2 aromatic rings. The van der Waals surface area contributed by atoms with E-state index in [0.717, 1.165) is 15.8 Å². The van der Waals surface area contributed by atoms with Gasteiger partial charge in [-0.3, -0.25) is 4.98 Å². The van der Waals surface area contributed by atoms with Crippen molar-refractivity contribution < 1.29 is 4.74 Å². The van der Waals surface area contributed by atoms with Crippen molar-refractivity contribution in [3.8, 4) is 5.75 Å². The lowest BCUT2D eigenvalue weighted by Gasteiger charge is -2.06. The normalized spacial score (nSPS) is 10.1. The molecule has 0 saturated carbocycles. The van der Waals surface area contributed by atoms with Crippen molar-refractivity contribution in [2.24, 2.45) is 0 Å². The van der Waals surface area contributed by atoms with Crippen LogP contribution in [0.15, 0.2) is 47.2 Å². The summed E-state index contributed by atoms with van der Waals surface area (Å²) in [4.78, 5) is 4.00. The molecular weight excluding hydrogens is 268 g/mol. The van der Waals surface area contributed by atoms with Crippen LogP contribution < -0.4 is 10.5 Å². The zero-order chi connectivity index (χ0) is 11.4. The number of pyridine rings is 1. The second kappa shape index (κ2) is 4.99. The van der Waals surface area contributed by atoms with Crippen LogP contribution in [0.25, 0.3) is 0 Å². The van der Waals surface area contributed by atoms with Gasteiger partial charge < -0.3 is 10.5 Å². The molecule has 0 aliphatic rings. The average molecular weight is 279 g/mol. The van der Waals surface area contributed by atoms with E-state index < -0.39 is 0 Å². The van der Waals surface area contributed by atoms with E-state index >= 15 is 0 Å². The van der Waals surface area contributed by atoms with Crippen LogP contribution in [0.1, 0.15) is 5.56 Å². The quantitative estimate of drug-likeness (QED) is 0.939. The highest BCUT2D eigenvalue weighted by Crippen LogP contribution is 2.19. The molecular formula is C12H11BrN2O. The predicted molar refractivity (Wildman–Crippen MR) is 67.1 cm³/mol. The molecule has 3 nitrogen and oxygen atoms in total. The second-order valence-corrected chi connectivity index (χ2v) is 4.29. The van der Waals surface area contributed by atoms with E-state index in [1.807, 2.05) is 30.3 Å². The number of ether oxygens (including phenoxy) is 1. The molecule has 0 unspecified atom stereocenters. The molecule has 4 heteroatoms. The number of rotatable bonds is 3. The summed E-state index contributed by atoms with van der Waals surface area (Å²) < 4.78 is 6.60. The van der Waals surface area contributed by atoms with Gasteiger partial charge in [-0.1, -0.05) is 22.0 Å². The Balaban J connectivity index is 2.02. The molecule has 16 heavy (non-hydrogen) atoms. The Labute approximate surface area is 102 Å². The van der Waals surface area contributed by atoms with Gasteiger partial charge in [0, 0.05) is 22.4 Å². The van der Waals surface area contributed by atoms with Gasteiger partial charge in [0.25, 0.3) is 0 Å². The summed E-state index contributed by atoms with van der Waals surface area (Å²) in [5, 5.41) is 0. The van der Waals surface area contributed by atoms with E-state index in [9.17, 15) is 0 Å². The predicted octanol–water partition coefficient (Wildman–Crippen LogP) is 3.01. The van der Waals surface area contributed by atoms with Gasteiger partial charge in [-0.15, -0.1) is 0 Å². The summed E-state index contributed by atoms with van der Waals surface area (Å²) in [6, 6.07) is 9.56. The van der Waals surface area contributed by atoms with Gasteiger partial charge in [0.05, 0.1) is 5.69 Å². The summed E-state index contributed by atoms with van der Waals surface area (Å²) in [6.45, 7) is 0.467. The van der Waals surface area contributed by atoms with E-state index in [4.69, 9.17) is 10.5 Å². The molecule has 0 bridgehead atoms. The molecule has 1 aromatic heterocycles. The maximum absolute atomic E-state index is 5.63. The van der Waals surface area contributed by atoms with Crippen molar-refractivity contribution in [3.05, 3.63) is 52.8 Å². The van der Waals surface area contributed by atoms with Crippen LogP contribution >= 0.6 is 15.9 Å². The first-order valence-electron chi connectivity index (χ1n) is 4.82. The van der Waals surface area contributed by atoms with Crippen molar-refractivity contribution in [1.82, 2.24) is 4.98 Å². The van der Waals surface area contributed by atoms with Crippen LogP contribution in [0.3, 0.4) is 0 Å². The molecule has 0 fully saturated rings. The molecule has 0 aliphatic carbocycles. The third-order valence-corrected chi connectivity index (χ3v) is 2.51. The van der Waals surface area contributed by atoms with Crippen LogP contribution in [0.4, 0.5) is 5.69 Å². The molecule has 0 amide bonds. The van der Waals surface area contributed by atoms with Crippen molar-refractivity contribution in [1.29, 1.82) is 0 Å². The average Bonchev–Trinajstić information content (AvgIpc) is 2.27. The lowest BCUT2D eigenvalue weighted by molar-refractivity contribution is 0.305. The Morgan fingerprint density at radius 2 is 2.12 bits per heavy atom. The van der Waals surface area contributed by atoms with Crippen LogP contribution in [-0.2, 0) is 6.61 Å². The topological polar surface area (TPSA) is 48.1 Å². The van der Waals surface area contributed by atoms with Crippen LogP contribution in [0.2, 0.25) is 0 Å². The van der Waals surface area contributed by atoms with Gasteiger partial charge in [0.1, 0.15) is 12.4 Å². The van der Waals surface area contributed by atoms with E-state index in [1.54, 1.807) is 12.4 Å². The van der Waals surface area contributed by atoms with Gasteiger partial charge >= 0.3 is 0 Å². The van der Waals surface area contributed by atoms with Crippen molar-refractivity contribution in [2.45, 2.75) is 6.61 Å². The zero-order valence-electron chi connectivity index (χ0n) is 8.56. The van der Waals surface area contributed by atoms with E-state index in [1.165, 1.54) is 0 Å². The second-order valence-electron chi connectivity index (χ2n) is 3.37. The highest BCUT2D eigenvalue weighted by atomic mass is 79.9. The molecule has 0 aliphatic heterocycles. The van der Waals surface area contributed by atoms with Gasteiger partial charge in [-0.2, -0.15) is 0 Å². The number of anilines is 1. The largest absolute Gasteiger partial charge is 0.489 e. The highest BCUT2D eigenvalue weighted by molar-refractivity contribution is 9.10. The van der Waals surface area contributed by atoms with Crippen LogP contribution in [0.5, 0.6) is 5.75 Å². The molecule has 2 N–H and O–H groups in total. The SMILES string of the molecule is Nc1cncc(COc2cccc(Br)c2)c1. The van der Waals surface area contributed by atoms with E-state index in [2.05, 4.69) is 20.9 Å². The minimum Gasteiger partial charge on any atom is -0.489 e. The van der Waals surface area contributed by atoms with Crippen molar-refractivity contribution in [3.63, 3.8) is 0 Å². The Kier molecular flexibility index (Phi) is 3.41. The minimum absolute atomic E-state index is 0.467. The maximum Gasteiger partial charge on any atom is 0.120 e. The van der Waals surface area contributed by atoms with Gasteiger partial charge in [-0.05, 0) is 24.3 Å². The molecule has 0 saturated heterocycles. The van der Waals surface area contributed by atoms with Crippen molar-refractivity contribution in [2.75, 3.05) is 5.73 Å². The molecule has 0 radical (unpaired) electrons. The Morgan fingerprint density at radius 3 is 2.88 bits per heavy atom. The number of halogens is 1. The Hall–Kier alpha value is -1.55. The summed E-state index contributed by atoms with van der Waals surface area (Å²) in [5.74, 6) is 0.816. The number of nitrogens with zero attached hydrogens (tertiary/aromatic N) is 1. The summed E-state index contributed by atoms with van der Waals surface area (Å²) in [6.07, 6.45) is 3.36. The minimum atomic E-state index is 0.467. The first-order valence-corrected chi connectivity index (χ1v) is 5.61. The third kappa shape index (κ3) is 2.97. The highest BCUT2D eigenvalue weighted by Gasteiger charge is 1.97. The number of aromatic nitrogens is 1. The first kappa shape index (κ1) is 11.0. The molecule has 1 aromatic carbocycles. The molecule has 1 heterocycles. The fourth-order valence-electron chi connectivity index (χ4n) is 1.31. The van der Waals surface area contributed by atoms with Crippen LogP contribution in [-0.4, -0.2) is 4.98 Å². The molecule has 82 valence electrons. The fourth-order valence-corrected chi connectivity index (χ4v) is 1.69. The number of hydrogen-bond acceptors (Lipinski definition) is 3. The zero-order valence-corrected chi connectivity index (χ0v) is 10.1. The molecule has 2 rings (SSSR count). The Morgan fingerprint density at radius 1 is 1.25 bits per heavy atom. The summed E-state index contributed by atoms with van der Waals surface area (Å²) >= 11 is 3.39. The maximum atomic E-state index is 5.63.